The Morgan fingerprint density at radius 1 is 1.14 bits per heavy atom. The SMILES string of the molecule is C=C(CN1CCN(C)CC1)C(=O)CC[C@@H](NC(=O)[C@@H](CC(=O)CC)Cc1nc2ccc(CC)cc2s1)C1CCOCC1. The summed E-state index contributed by atoms with van der Waals surface area (Å²) in [5, 5.41) is 4.18. The van der Waals surface area contributed by atoms with Gasteiger partial charge in [-0.25, -0.2) is 4.98 Å². The number of amides is 1. The van der Waals surface area contributed by atoms with Crippen molar-refractivity contribution in [3.63, 3.8) is 0 Å². The van der Waals surface area contributed by atoms with Crippen LogP contribution in [0.25, 0.3) is 10.2 Å². The number of nitrogens with one attached hydrogen (secondary N) is 1. The largest absolute Gasteiger partial charge is 0.381 e. The normalized spacial score (nSPS) is 18.5. The second kappa shape index (κ2) is 15.8. The van der Waals surface area contributed by atoms with Crippen LogP contribution in [0.2, 0.25) is 0 Å². The molecule has 2 aliphatic rings. The number of carbonyl (C=O) groups excluding carboxylic acids is 3. The number of ketones is 2. The monoisotopic (exact) mass is 596 g/mol. The summed E-state index contributed by atoms with van der Waals surface area (Å²) in [6, 6.07) is 6.15. The average Bonchev–Trinajstić information content (AvgIpc) is 3.41. The molecule has 9 heteroatoms. The topological polar surface area (TPSA) is 91.8 Å². The van der Waals surface area contributed by atoms with Gasteiger partial charge in [-0.3, -0.25) is 19.3 Å². The Morgan fingerprint density at radius 3 is 2.57 bits per heavy atom. The molecule has 0 saturated carbocycles. The molecule has 42 heavy (non-hydrogen) atoms. The summed E-state index contributed by atoms with van der Waals surface area (Å²) in [7, 11) is 2.12. The van der Waals surface area contributed by atoms with Gasteiger partial charge in [0, 0.05) is 83.2 Å². The molecule has 0 unspecified atom stereocenters. The molecule has 0 aliphatic carbocycles. The lowest BCUT2D eigenvalue weighted by molar-refractivity contribution is -0.130. The van der Waals surface area contributed by atoms with Gasteiger partial charge < -0.3 is 15.0 Å². The van der Waals surface area contributed by atoms with Crippen LogP contribution in [0.15, 0.2) is 30.4 Å². The first kappa shape index (κ1) is 32.5. The van der Waals surface area contributed by atoms with Crippen molar-refractivity contribution in [2.24, 2.45) is 11.8 Å². The van der Waals surface area contributed by atoms with E-state index in [2.05, 4.69) is 47.8 Å². The molecular weight excluding hydrogens is 548 g/mol. The van der Waals surface area contributed by atoms with Crippen molar-refractivity contribution in [3.05, 3.63) is 40.9 Å². The van der Waals surface area contributed by atoms with Gasteiger partial charge in [-0.05, 0) is 56.3 Å². The first-order chi connectivity index (χ1) is 20.2. The predicted molar refractivity (Wildman–Crippen MR) is 169 cm³/mol. The highest BCUT2D eigenvalue weighted by Gasteiger charge is 2.30. The second-order valence-corrected chi connectivity index (χ2v) is 13.1. The Morgan fingerprint density at radius 2 is 1.88 bits per heavy atom. The Kier molecular flexibility index (Phi) is 12.2. The minimum Gasteiger partial charge on any atom is -0.381 e. The zero-order valence-electron chi connectivity index (χ0n) is 25.7. The van der Waals surface area contributed by atoms with Gasteiger partial charge >= 0.3 is 0 Å². The number of hydrogen-bond donors (Lipinski definition) is 1. The molecular formula is C33H48N4O4S. The second-order valence-electron chi connectivity index (χ2n) is 12.0. The van der Waals surface area contributed by atoms with E-state index in [0.717, 1.165) is 60.7 Å². The van der Waals surface area contributed by atoms with Crippen LogP contribution < -0.4 is 5.32 Å². The van der Waals surface area contributed by atoms with Crippen LogP contribution in [-0.4, -0.2) is 91.3 Å². The van der Waals surface area contributed by atoms with Crippen LogP contribution in [0.3, 0.4) is 0 Å². The van der Waals surface area contributed by atoms with Gasteiger partial charge in [0.15, 0.2) is 5.78 Å². The number of Topliss-reactive ketones (excluding diaryl/α,β-unsaturated/α-hetero) is 2. The Balaban J connectivity index is 1.42. The maximum absolute atomic E-state index is 13.8. The van der Waals surface area contributed by atoms with Crippen LogP contribution >= 0.6 is 11.3 Å². The summed E-state index contributed by atoms with van der Waals surface area (Å²) in [6.45, 7) is 13.9. The molecule has 2 aliphatic heterocycles. The minimum atomic E-state index is -0.492. The van der Waals surface area contributed by atoms with Crippen molar-refractivity contribution in [2.45, 2.75) is 71.3 Å². The van der Waals surface area contributed by atoms with Gasteiger partial charge in [0.25, 0.3) is 0 Å². The van der Waals surface area contributed by atoms with E-state index in [4.69, 9.17) is 9.72 Å². The van der Waals surface area contributed by atoms with Crippen molar-refractivity contribution in [2.75, 3.05) is 53.0 Å². The minimum absolute atomic E-state index is 0.0684. The predicted octanol–water partition coefficient (Wildman–Crippen LogP) is 4.45. The third kappa shape index (κ3) is 9.27. The standard InChI is InChI=1S/C33H48N4O4S/c1-5-24-7-8-29-31(19-24)42-32(34-29)21-26(20-27(38)6-2)33(40)35-28(25-11-17-41-18-12-25)9-10-30(39)23(3)22-37-15-13-36(4)14-16-37/h7-8,19,25-26,28H,3,5-6,9-18,20-22H2,1-2,4H3,(H,35,40)/t26-,28+/m0/s1. The maximum atomic E-state index is 13.8. The lowest BCUT2D eigenvalue weighted by Crippen LogP contribution is -2.46. The lowest BCUT2D eigenvalue weighted by atomic mass is 9.87. The highest BCUT2D eigenvalue weighted by Crippen LogP contribution is 2.28. The Labute approximate surface area is 254 Å². The van der Waals surface area contributed by atoms with Crippen LogP contribution in [0.1, 0.15) is 62.9 Å². The zero-order valence-corrected chi connectivity index (χ0v) is 26.5. The fourth-order valence-corrected chi connectivity index (χ4v) is 6.99. The van der Waals surface area contributed by atoms with Crippen LogP contribution in [0.4, 0.5) is 0 Å². The average molecular weight is 597 g/mol. The van der Waals surface area contributed by atoms with E-state index in [0.29, 0.717) is 51.0 Å². The maximum Gasteiger partial charge on any atom is 0.224 e. The van der Waals surface area contributed by atoms with E-state index in [-0.39, 0.29) is 35.9 Å². The number of fused-ring (bicyclic) bond motifs is 1. The quantitative estimate of drug-likeness (QED) is 0.304. The molecule has 1 N–H and O–H groups in total. The summed E-state index contributed by atoms with van der Waals surface area (Å²) in [5.74, 6) is -0.236. The van der Waals surface area contributed by atoms with Gasteiger partial charge in [-0.1, -0.05) is 26.5 Å². The molecule has 1 aromatic heterocycles. The van der Waals surface area contributed by atoms with Crippen LogP contribution in [0, 0.1) is 11.8 Å². The number of thiazole rings is 1. The van der Waals surface area contributed by atoms with E-state index in [9.17, 15) is 14.4 Å². The summed E-state index contributed by atoms with van der Waals surface area (Å²) in [5.41, 5.74) is 2.84. The smallest absolute Gasteiger partial charge is 0.224 e. The third-order valence-electron chi connectivity index (χ3n) is 8.82. The van der Waals surface area contributed by atoms with E-state index < -0.39 is 5.92 Å². The summed E-state index contributed by atoms with van der Waals surface area (Å²) >= 11 is 1.61. The van der Waals surface area contributed by atoms with Crippen molar-refractivity contribution in [3.8, 4) is 0 Å². The molecule has 8 nitrogen and oxygen atoms in total. The van der Waals surface area contributed by atoms with E-state index in [1.54, 1.807) is 11.3 Å². The number of rotatable bonds is 15. The van der Waals surface area contributed by atoms with Gasteiger partial charge in [-0.2, -0.15) is 0 Å². The highest BCUT2D eigenvalue weighted by molar-refractivity contribution is 7.18. The number of likely N-dealkylation sites (N-methyl/N-ethyl adjacent to an activating group) is 1. The van der Waals surface area contributed by atoms with E-state index in [1.807, 2.05) is 13.0 Å². The molecule has 0 radical (unpaired) electrons. The fraction of sp³-hybridized carbons (Fsp3) is 0.636. The molecule has 230 valence electrons. The van der Waals surface area contributed by atoms with Crippen LogP contribution in [0.5, 0.6) is 0 Å². The molecule has 2 fully saturated rings. The van der Waals surface area contributed by atoms with E-state index >= 15 is 0 Å². The number of aryl methyl sites for hydroxylation is 1. The van der Waals surface area contributed by atoms with Crippen molar-refractivity contribution >= 4 is 39.0 Å². The summed E-state index contributed by atoms with van der Waals surface area (Å²) in [6.07, 6.45) is 4.58. The zero-order chi connectivity index (χ0) is 30.1. The molecule has 0 bridgehead atoms. The number of benzene rings is 1. The molecule has 0 spiro atoms. The Hall–Kier alpha value is -2.46. The molecule has 2 atom stereocenters. The Bertz CT molecular complexity index is 1230. The number of aromatic nitrogens is 1. The highest BCUT2D eigenvalue weighted by atomic mass is 32.1. The lowest BCUT2D eigenvalue weighted by Gasteiger charge is -2.33. The fourth-order valence-electron chi connectivity index (χ4n) is 5.88. The molecule has 4 rings (SSSR count). The molecule has 1 amide bonds. The number of nitrogens with zero attached hydrogens (tertiary/aromatic N) is 3. The molecule has 2 saturated heterocycles. The first-order valence-electron chi connectivity index (χ1n) is 15.7. The first-order valence-corrected chi connectivity index (χ1v) is 16.5. The molecule has 3 heterocycles. The molecule has 2 aromatic rings. The number of ether oxygens (including phenoxy) is 1. The van der Waals surface area contributed by atoms with E-state index in [1.165, 1.54) is 5.56 Å². The van der Waals surface area contributed by atoms with Gasteiger partial charge in [0.05, 0.1) is 21.1 Å². The van der Waals surface area contributed by atoms with Gasteiger partial charge in [-0.15, -0.1) is 11.3 Å². The van der Waals surface area contributed by atoms with Crippen molar-refractivity contribution in [1.29, 1.82) is 0 Å². The summed E-state index contributed by atoms with van der Waals surface area (Å²) in [4.78, 5) is 48.9. The number of carbonyl (C=O) groups is 3. The van der Waals surface area contributed by atoms with Crippen molar-refractivity contribution < 1.29 is 19.1 Å². The number of piperazine rings is 1. The number of hydrogen-bond acceptors (Lipinski definition) is 8. The van der Waals surface area contributed by atoms with Crippen molar-refractivity contribution in [1.82, 2.24) is 20.1 Å². The third-order valence-corrected chi connectivity index (χ3v) is 9.86. The van der Waals surface area contributed by atoms with Gasteiger partial charge in [0.1, 0.15) is 5.78 Å². The van der Waals surface area contributed by atoms with Gasteiger partial charge in [0.2, 0.25) is 5.91 Å². The van der Waals surface area contributed by atoms with Crippen LogP contribution in [-0.2, 0) is 32.0 Å². The molecule has 1 aromatic carbocycles. The summed E-state index contributed by atoms with van der Waals surface area (Å²) < 4.78 is 6.71.